The number of ether oxygens (including phenoxy) is 2. The largest absolute Gasteiger partial charge is 0.493 e. The summed E-state index contributed by atoms with van der Waals surface area (Å²) in [4.78, 5) is 2.00. The van der Waals surface area contributed by atoms with E-state index >= 15 is 0 Å². The maximum Gasteiger partial charge on any atom is 0.161 e. The van der Waals surface area contributed by atoms with E-state index in [0.29, 0.717) is 42.1 Å². The molecule has 3 aromatic carbocycles. The first-order valence-corrected chi connectivity index (χ1v) is 9.69. The van der Waals surface area contributed by atoms with Crippen LogP contribution in [-0.4, -0.2) is 25.7 Å². The summed E-state index contributed by atoms with van der Waals surface area (Å²) in [6, 6.07) is 13.3. The first-order chi connectivity index (χ1) is 14.5. The molecule has 156 valence electrons. The van der Waals surface area contributed by atoms with E-state index in [4.69, 9.17) is 9.47 Å². The Hall–Kier alpha value is -2.99. The van der Waals surface area contributed by atoms with Gasteiger partial charge in [-0.2, -0.15) is 0 Å². The Morgan fingerprint density at radius 3 is 2.30 bits per heavy atom. The van der Waals surface area contributed by atoms with Crippen molar-refractivity contribution in [1.29, 1.82) is 0 Å². The number of benzene rings is 3. The van der Waals surface area contributed by atoms with Gasteiger partial charge in [-0.1, -0.05) is 24.3 Å². The summed E-state index contributed by atoms with van der Waals surface area (Å²) in [5.41, 5.74) is 2.68. The molecule has 3 nitrogen and oxygen atoms in total. The molecular weight excluding hydrogens is 391 g/mol. The van der Waals surface area contributed by atoms with Crippen LogP contribution in [0.15, 0.2) is 54.6 Å². The highest BCUT2D eigenvalue weighted by molar-refractivity contribution is 5.52. The number of hydrogen-bond donors (Lipinski definition) is 0. The van der Waals surface area contributed by atoms with Crippen LogP contribution in [0.1, 0.15) is 28.3 Å². The summed E-state index contributed by atoms with van der Waals surface area (Å²) in [6.45, 7) is 0.875. The van der Waals surface area contributed by atoms with E-state index in [1.807, 2.05) is 17.0 Å². The minimum Gasteiger partial charge on any atom is -0.493 e. The molecule has 0 aliphatic carbocycles. The van der Waals surface area contributed by atoms with Crippen LogP contribution in [0, 0.1) is 17.5 Å². The zero-order valence-corrected chi connectivity index (χ0v) is 16.8. The van der Waals surface area contributed by atoms with E-state index in [-0.39, 0.29) is 5.82 Å². The van der Waals surface area contributed by atoms with Crippen molar-refractivity contribution in [1.82, 2.24) is 4.90 Å². The van der Waals surface area contributed by atoms with E-state index in [0.717, 1.165) is 17.2 Å². The van der Waals surface area contributed by atoms with Gasteiger partial charge >= 0.3 is 0 Å². The Balaban J connectivity index is 1.85. The smallest absolute Gasteiger partial charge is 0.161 e. The van der Waals surface area contributed by atoms with Crippen LogP contribution in [0.2, 0.25) is 0 Å². The lowest BCUT2D eigenvalue weighted by molar-refractivity contribution is 0.197. The number of methoxy groups -OCH3 is 2. The van der Waals surface area contributed by atoms with Crippen LogP contribution in [0.3, 0.4) is 0 Å². The zero-order chi connectivity index (χ0) is 21.3. The van der Waals surface area contributed by atoms with Crippen LogP contribution in [0.4, 0.5) is 13.2 Å². The van der Waals surface area contributed by atoms with E-state index in [1.54, 1.807) is 25.3 Å². The number of hydrogen-bond acceptors (Lipinski definition) is 3. The second kappa shape index (κ2) is 8.40. The third kappa shape index (κ3) is 3.75. The molecule has 0 bridgehead atoms. The van der Waals surface area contributed by atoms with Crippen LogP contribution < -0.4 is 9.47 Å². The summed E-state index contributed by atoms with van der Waals surface area (Å²) in [5.74, 6) is -0.469. The second-order valence-corrected chi connectivity index (χ2v) is 7.29. The van der Waals surface area contributed by atoms with Crippen LogP contribution in [0.25, 0.3) is 0 Å². The van der Waals surface area contributed by atoms with Gasteiger partial charge in [0, 0.05) is 30.3 Å². The molecule has 1 aliphatic heterocycles. The lowest BCUT2D eigenvalue weighted by atomic mass is 9.87. The highest BCUT2D eigenvalue weighted by Crippen LogP contribution is 2.42. The van der Waals surface area contributed by atoms with Gasteiger partial charge < -0.3 is 9.47 Å². The van der Waals surface area contributed by atoms with E-state index in [1.165, 1.54) is 25.3 Å². The molecule has 0 aromatic heterocycles. The first-order valence-electron chi connectivity index (χ1n) is 9.69. The third-order valence-electron chi connectivity index (χ3n) is 5.56. The van der Waals surface area contributed by atoms with Crippen molar-refractivity contribution in [2.24, 2.45) is 0 Å². The van der Waals surface area contributed by atoms with Crippen molar-refractivity contribution in [3.8, 4) is 11.5 Å². The Labute approximate surface area is 173 Å². The monoisotopic (exact) mass is 413 g/mol. The van der Waals surface area contributed by atoms with Crippen LogP contribution >= 0.6 is 0 Å². The summed E-state index contributed by atoms with van der Waals surface area (Å²) < 4.78 is 53.6. The van der Waals surface area contributed by atoms with Gasteiger partial charge in [0.25, 0.3) is 0 Å². The molecule has 1 heterocycles. The number of halogens is 3. The predicted molar refractivity (Wildman–Crippen MR) is 108 cm³/mol. The summed E-state index contributed by atoms with van der Waals surface area (Å²) in [5, 5.41) is 0. The minimum absolute atomic E-state index is 0.294. The zero-order valence-electron chi connectivity index (χ0n) is 16.8. The molecule has 0 radical (unpaired) electrons. The normalized spacial score (nSPS) is 16.2. The molecule has 0 amide bonds. The topological polar surface area (TPSA) is 21.7 Å². The molecule has 30 heavy (non-hydrogen) atoms. The molecule has 1 atom stereocenters. The van der Waals surface area contributed by atoms with Gasteiger partial charge in [-0.15, -0.1) is 0 Å². The number of rotatable bonds is 5. The number of nitrogens with zero attached hydrogens (tertiary/aromatic N) is 1. The third-order valence-corrected chi connectivity index (χ3v) is 5.56. The first kappa shape index (κ1) is 20.3. The second-order valence-electron chi connectivity index (χ2n) is 7.29. The fourth-order valence-electron chi connectivity index (χ4n) is 4.10. The SMILES string of the molecule is COc1cc2c(cc1OC)C(c1ccc(F)cc1F)N(Cc1ccccc1F)CC2. The molecule has 0 saturated heterocycles. The fourth-order valence-corrected chi connectivity index (χ4v) is 4.10. The molecule has 0 fully saturated rings. The molecule has 1 aliphatic rings. The molecule has 0 N–H and O–H groups in total. The van der Waals surface area contributed by atoms with Crippen LogP contribution in [0.5, 0.6) is 11.5 Å². The van der Waals surface area contributed by atoms with Crippen molar-refractivity contribution in [3.63, 3.8) is 0 Å². The van der Waals surface area contributed by atoms with Gasteiger partial charge in [-0.25, -0.2) is 13.2 Å². The highest BCUT2D eigenvalue weighted by Gasteiger charge is 2.32. The van der Waals surface area contributed by atoms with Crippen molar-refractivity contribution in [2.75, 3.05) is 20.8 Å². The minimum atomic E-state index is -0.639. The number of fused-ring (bicyclic) bond motifs is 1. The molecule has 1 unspecified atom stereocenters. The standard InChI is InChI=1S/C24H22F3NO2/c1-29-22-11-15-9-10-28(14-16-5-3-4-6-20(16)26)24(19(15)13-23(22)30-2)18-8-7-17(25)12-21(18)27/h3-8,11-13,24H,9-10,14H2,1-2H3. The van der Waals surface area contributed by atoms with Gasteiger partial charge in [0.2, 0.25) is 0 Å². The van der Waals surface area contributed by atoms with Crippen LogP contribution in [-0.2, 0) is 13.0 Å². The quantitative estimate of drug-likeness (QED) is 0.569. The average Bonchev–Trinajstić information content (AvgIpc) is 2.74. The molecule has 0 saturated carbocycles. The maximum atomic E-state index is 14.9. The summed E-state index contributed by atoms with van der Waals surface area (Å²) in [6.07, 6.45) is 0.684. The van der Waals surface area contributed by atoms with Crippen molar-refractivity contribution >= 4 is 0 Å². The van der Waals surface area contributed by atoms with E-state index in [9.17, 15) is 13.2 Å². The molecule has 3 aromatic rings. The molecule has 0 spiro atoms. The van der Waals surface area contributed by atoms with Gasteiger partial charge in [0.05, 0.1) is 20.3 Å². The Morgan fingerprint density at radius 1 is 0.867 bits per heavy atom. The van der Waals surface area contributed by atoms with Crippen molar-refractivity contribution in [3.05, 3.63) is 94.3 Å². The highest BCUT2D eigenvalue weighted by atomic mass is 19.1. The molecular formula is C24H22F3NO2. The van der Waals surface area contributed by atoms with Gasteiger partial charge in [-0.3, -0.25) is 4.90 Å². The van der Waals surface area contributed by atoms with Crippen molar-refractivity contribution in [2.45, 2.75) is 19.0 Å². The van der Waals surface area contributed by atoms with Gasteiger partial charge in [-0.05, 0) is 41.8 Å². The Bertz CT molecular complexity index is 1070. The van der Waals surface area contributed by atoms with Crippen molar-refractivity contribution < 1.29 is 22.6 Å². The maximum absolute atomic E-state index is 14.9. The summed E-state index contributed by atoms with van der Waals surface area (Å²) in [7, 11) is 3.10. The van der Waals surface area contributed by atoms with E-state index < -0.39 is 17.7 Å². The fraction of sp³-hybridized carbons (Fsp3) is 0.250. The average molecular weight is 413 g/mol. The molecule has 4 rings (SSSR count). The molecule has 6 heteroatoms. The Morgan fingerprint density at radius 2 is 1.60 bits per heavy atom. The Kier molecular flexibility index (Phi) is 5.68. The van der Waals surface area contributed by atoms with Gasteiger partial charge in [0.1, 0.15) is 17.5 Å². The predicted octanol–water partition coefficient (Wildman–Crippen LogP) is 5.27. The summed E-state index contributed by atoms with van der Waals surface area (Å²) >= 11 is 0. The lowest BCUT2D eigenvalue weighted by Gasteiger charge is -2.38. The van der Waals surface area contributed by atoms with Gasteiger partial charge in [0.15, 0.2) is 11.5 Å². The van der Waals surface area contributed by atoms with E-state index in [2.05, 4.69) is 0 Å². The lowest BCUT2D eigenvalue weighted by Crippen LogP contribution is -2.36.